The molecule has 3 aromatic rings. The van der Waals surface area contributed by atoms with E-state index in [1.165, 1.54) is 4.90 Å². The smallest absolute Gasteiger partial charge is 0.316 e. The summed E-state index contributed by atoms with van der Waals surface area (Å²) in [6.07, 6.45) is -0.516. The topological polar surface area (TPSA) is 90.0 Å². The van der Waals surface area contributed by atoms with Crippen molar-refractivity contribution in [2.45, 2.75) is 25.2 Å². The summed E-state index contributed by atoms with van der Waals surface area (Å²) >= 11 is 0. The van der Waals surface area contributed by atoms with E-state index in [1.54, 1.807) is 17.3 Å². The molecule has 30 heavy (non-hydrogen) atoms. The molecular formula is C19H18F3N7O. The number of benzene rings is 1. The summed E-state index contributed by atoms with van der Waals surface area (Å²) in [7, 11) is 0. The zero-order valence-corrected chi connectivity index (χ0v) is 15.8. The zero-order chi connectivity index (χ0) is 20.9. The van der Waals surface area contributed by atoms with Gasteiger partial charge in [0, 0.05) is 42.3 Å². The monoisotopic (exact) mass is 417 g/mol. The average molecular weight is 417 g/mol. The quantitative estimate of drug-likeness (QED) is 0.684. The van der Waals surface area contributed by atoms with E-state index in [0.29, 0.717) is 25.2 Å². The van der Waals surface area contributed by atoms with Crippen LogP contribution in [0.1, 0.15) is 12.0 Å². The Hall–Kier alpha value is -3.21. The summed E-state index contributed by atoms with van der Waals surface area (Å²) < 4.78 is 38.1. The minimum Gasteiger partial charge on any atom is -0.316 e. The van der Waals surface area contributed by atoms with Crippen LogP contribution >= 0.6 is 0 Å². The number of hydrogen-bond acceptors (Lipinski definition) is 5. The highest BCUT2D eigenvalue weighted by atomic mass is 19.4. The fourth-order valence-corrected chi connectivity index (χ4v) is 4.21. The number of rotatable bonds is 3. The number of aromatic nitrogens is 4. The second kappa shape index (κ2) is 6.94. The summed E-state index contributed by atoms with van der Waals surface area (Å²) in [4.78, 5) is 15.6. The molecule has 0 unspecified atom stereocenters. The van der Waals surface area contributed by atoms with Crippen molar-refractivity contribution >= 4 is 22.6 Å². The van der Waals surface area contributed by atoms with Gasteiger partial charge in [0.15, 0.2) is 0 Å². The van der Waals surface area contributed by atoms with Gasteiger partial charge in [-0.2, -0.15) is 28.5 Å². The Morgan fingerprint density at radius 1 is 1.23 bits per heavy atom. The molecule has 156 valence electrons. The van der Waals surface area contributed by atoms with Crippen molar-refractivity contribution in [3.05, 3.63) is 36.2 Å². The Balaban J connectivity index is 1.42. The maximum absolute atomic E-state index is 12.7. The third-order valence-corrected chi connectivity index (χ3v) is 5.58. The lowest BCUT2D eigenvalue weighted by atomic mass is 10.0. The van der Waals surface area contributed by atoms with Crippen LogP contribution in [0.25, 0.3) is 22.2 Å². The molecule has 11 heteroatoms. The number of alkyl halides is 3. The molecule has 1 atom stereocenters. The van der Waals surface area contributed by atoms with Gasteiger partial charge in [0.05, 0.1) is 24.5 Å². The van der Waals surface area contributed by atoms with E-state index in [-0.39, 0.29) is 18.6 Å². The normalized spacial score (nSPS) is 19.9. The standard InChI is InChI=1S/C19H18F3N7O/c20-19(21,22)10-28-4-2-13(9-28)29-8-12-5-14-16(6-15(12)25-18(29)30)26-27-17(14)11-1-3-23-24-7-11/h1,3,5-7,13H,2,4,8-10H2,(H,25,30)(H,26,27)/t13-/m0/s1. The van der Waals surface area contributed by atoms with Crippen LogP contribution in [0.15, 0.2) is 30.6 Å². The summed E-state index contributed by atoms with van der Waals surface area (Å²) in [6.45, 7) is -0.0831. The van der Waals surface area contributed by atoms with E-state index in [9.17, 15) is 18.0 Å². The van der Waals surface area contributed by atoms with Crippen molar-refractivity contribution in [2.24, 2.45) is 0 Å². The van der Waals surface area contributed by atoms with E-state index < -0.39 is 12.7 Å². The first-order valence-electron chi connectivity index (χ1n) is 9.52. The number of anilines is 1. The van der Waals surface area contributed by atoms with E-state index in [1.807, 2.05) is 18.2 Å². The van der Waals surface area contributed by atoms with E-state index in [4.69, 9.17) is 0 Å². The highest BCUT2D eigenvalue weighted by Gasteiger charge is 2.38. The molecule has 0 radical (unpaired) electrons. The molecule has 2 aromatic heterocycles. The molecule has 2 aliphatic rings. The fraction of sp³-hybridized carbons (Fsp3) is 0.368. The van der Waals surface area contributed by atoms with Gasteiger partial charge in [-0.15, -0.1) is 0 Å². The third kappa shape index (κ3) is 3.45. The highest BCUT2D eigenvalue weighted by Crippen LogP contribution is 2.34. The molecule has 0 spiro atoms. The van der Waals surface area contributed by atoms with Crippen LogP contribution in [-0.2, 0) is 6.54 Å². The van der Waals surface area contributed by atoms with Crippen molar-refractivity contribution < 1.29 is 18.0 Å². The number of H-pyrrole nitrogens is 1. The molecule has 2 N–H and O–H groups in total. The summed E-state index contributed by atoms with van der Waals surface area (Å²) in [5, 5.41) is 18.7. The first kappa shape index (κ1) is 18.8. The average Bonchev–Trinajstić information content (AvgIpc) is 3.32. The van der Waals surface area contributed by atoms with Crippen molar-refractivity contribution in [1.82, 2.24) is 30.2 Å². The maximum Gasteiger partial charge on any atom is 0.401 e. The Morgan fingerprint density at radius 3 is 2.87 bits per heavy atom. The third-order valence-electron chi connectivity index (χ3n) is 5.58. The van der Waals surface area contributed by atoms with Gasteiger partial charge in [0.25, 0.3) is 0 Å². The van der Waals surface area contributed by atoms with E-state index in [0.717, 1.165) is 27.7 Å². The minimum atomic E-state index is -4.24. The van der Waals surface area contributed by atoms with Crippen molar-refractivity contribution in [2.75, 3.05) is 25.0 Å². The summed E-state index contributed by atoms with van der Waals surface area (Å²) in [6, 6.07) is 5.04. The van der Waals surface area contributed by atoms with Crippen LogP contribution in [0, 0.1) is 0 Å². The highest BCUT2D eigenvalue weighted by molar-refractivity contribution is 6.00. The number of amides is 2. The number of nitrogens with zero attached hydrogens (tertiary/aromatic N) is 5. The number of carbonyl (C=O) groups is 1. The largest absolute Gasteiger partial charge is 0.401 e. The van der Waals surface area contributed by atoms with Crippen LogP contribution in [0.4, 0.5) is 23.7 Å². The zero-order valence-electron chi connectivity index (χ0n) is 15.8. The summed E-state index contributed by atoms with van der Waals surface area (Å²) in [5.41, 5.74) is 3.87. The molecule has 2 amide bonds. The predicted molar refractivity (Wildman–Crippen MR) is 103 cm³/mol. The number of carbonyl (C=O) groups excluding carboxylic acids is 1. The number of nitrogens with one attached hydrogen (secondary N) is 2. The van der Waals surface area contributed by atoms with Crippen molar-refractivity contribution in [1.29, 1.82) is 0 Å². The number of fused-ring (bicyclic) bond motifs is 2. The van der Waals surface area contributed by atoms with Gasteiger partial charge in [0.1, 0.15) is 5.69 Å². The Kier molecular flexibility index (Phi) is 4.35. The number of urea groups is 1. The van der Waals surface area contributed by atoms with Gasteiger partial charge < -0.3 is 10.2 Å². The van der Waals surface area contributed by atoms with E-state index in [2.05, 4.69) is 25.7 Å². The van der Waals surface area contributed by atoms with Gasteiger partial charge in [0.2, 0.25) is 0 Å². The van der Waals surface area contributed by atoms with Crippen LogP contribution in [0.2, 0.25) is 0 Å². The molecule has 1 aromatic carbocycles. The lowest BCUT2D eigenvalue weighted by molar-refractivity contribution is -0.143. The van der Waals surface area contributed by atoms with Gasteiger partial charge in [-0.3, -0.25) is 10.00 Å². The number of aromatic amines is 1. The van der Waals surface area contributed by atoms with Crippen LogP contribution in [0.3, 0.4) is 0 Å². The first-order valence-corrected chi connectivity index (χ1v) is 9.52. The van der Waals surface area contributed by atoms with Gasteiger partial charge in [-0.1, -0.05) is 0 Å². The molecule has 8 nitrogen and oxygen atoms in total. The number of likely N-dealkylation sites (tertiary alicyclic amines) is 1. The van der Waals surface area contributed by atoms with E-state index >= 15 is 0 Å². The second-order valence-corrected chi connectivity index (χ2v) is 7.61. The molecule has 4 heterocycles. The lowest BCUT2D eigenvalue weighted by Crippen LogP contribution is -2.46. The van der Waals surface area contributed by atoms with Gasteiger partial charge in [-0.25, -0.2) is 4.79 Å². The van der Waals surface area contributed by atoms with Gasteiger partial charge in [-0.05, 0) is 30.2 Å². The molecule has 5 rings (SSSR count). The molecule has 0 aliphatic carbocycles. The molecule has 1 fully saturated rings. The predicted octanol–water partition coefficient (Wildman–Crippen LogP) is 3.00. The van der Waals surface area contributed by atoms with Crippen LogP contribution < -0.4 is 5.32 Å². The number of hydrogen-bond donors (Lipinski definition) is 2. The fourth-order valence-electron chi connectivity index (χ4n) is 4.21. The van der Waals surface area contributed by atoms with Crippen LogP contribution in [-0.4, -0.2) is 68.1 Å². The molecule has 1 saturated heterocycles. The minimum absolute atomic E-state index is 0.212. The Bertz CT molecular complexity index is 1100. The van der Waals surface area contributed by atoms with Crippen molar-refractivity contribution in [3.8, 4) is 11.3 Å². The van der Waals surface area contributed by atoms with Gasteiger partial charge >= 0.3 is 12.2 Å². The SMILES string of the molecule is O=C1Nc2cc3[nH]nc(-c4ccnnc4)c3cc2CN1[C@H]1CCN(CC(F)(F)F)C1. The molecule has 2 aliphatic heterocycles. The Labute approximate surface area is 169 Å². The molecule has 0 bridgehead atoms. The second-order valence-electron chi connectivity index (χ2n) is 7.61. The van der Waals surface area contributed by atoms with Crippen molar-refractivity contribution in [3.63, 3.8) is 0 Å². The Morgan fingerprint density at radius 2 is 2.10 bits per heavy atom. The van der Waals surface area contributed by atoms with Crippen LogP contribution in [0.5, 0.6) is 0 Å². The first-order chi connectivity index (χ1) is 14.4. The molecular weight excluding hydrogens is 399 g/mol. The maximum atomic E-state index is 12.7. The summed E-state index contributed by atoms with van der Waals surface area (Å²) in [5.74, 6) is 0. The lowest BCUT2D eigenvalue weighted by Gasteiger charge is -2.34. The number of halogens is 3. The molecule has 0 saturated carbocycles.